The molecular weight excluding hydrogens is 422 g/mol. The van der Waals surface area contributed by atoms with Gasteiger partial charge in [0, 0.05) is 5.56 Å². The van der Waals surface area contributed by atoms with Crippen LogP contribution < -0.4 is 10.1 Å². The third kappa shape index (κ3) is 6.53. The monoisotopic (exact) mass is 441 g/mol. The molecule has 10 heteroatoms. The first-order valence-electron chi connectivity index (χ1n) is 9.09. The summed E-state index contributed by atoms with van der Waals surface area (Å²) in [7, 11) is 0. The van der Waals surface area contributed by atoms with E-state index in [1.807, 2.05) is 0 Å². The standard InChI is InChI=1S/C21H19F4NO5/c1-11(2)18(26-19(28)17-14(22)4-3-5-15(17)23)20(29)30-10-16(27)12-6-8-13(9-7-12)31-21(24)25/h3-9,11,18,21H,10H2,1-2H3,(H,26,28). The van der Waals surface area contributed by atoms with Crippen molar-refractivity contribution >= 4 is 17.7 Å². The highest BCUT2D eigenvalue weighted by molar-refractivity contribution is 5.99. The summed E-state index contributed by atoms with van der Waals surface area (Å²) in [5.74, 6) is -5.62. The van der Waals surface area contributed by atoms with Crippen LogP contribution in [-0.4, -0.2) is 36.9 Å². The number of esters is 1. The number of benzene rings is 2. The Morgan fingerprint density at radius 1 is 0.968 bits per heavy atom. The summed E-state index contributed by atoms with van der Waals surface area (Å²) in [6.45, 7) is -0.578. The molecule has 0 heterocycles. The second-order valence-electron chi connectivity index (χ2n) is 6.73. The zero-order valence-corrected chi connectivity index (χ0v) is 16.5. The molecule has 1 amide bonds. The number of halogens is 4. The third-order valence-electron chi connectivity index (χ3n) is 4.14. The fraction of sp³-hybridized carbons (Fsp3) is 0.286. The van der Waals surface area contributed by atoms with E-state index in [0.29, 0.717) is 0 Å². The molecule has 0 aliphatic carbocycles. The molecule has 0 saturated heterocycles. The molecule has 1 N–H and O–H groups in total. The van der Waals surface area contributed by atoms with Gasteiger partial charge in [0.15, 0.2) is 12.4 Å². The minimum Gasteiger partial charge on any atom is -0.456 e. The summed E-state index contributed by atoms with van der Waals surface area (Å²) in [5.41, 5.74) is -0.767. The van der Waals surface area contributed by atoms with Crippen molar-refractivity contribution in [3.63, 3.8) is 0 Å². The first-order valence-corrected chi connectivity index (χ1v) is 9.09. The SMILES string of the molecule is CC(C)C(NC(=O)c1c(F)cccc1F)C(=O)OCC(=O)c1ccc(OC(F)F)cc1. The van der Waals surface area contributed by atoms with E-state index in [0.717, 1.165) is 30.3 Å². The number of ketones is 1. The van der Waals surface area contributed by atoms with Gasteiger partial charge in [-0.05, 0) is 42.3 Å². The number of hydrogen-bond acceptors (Lipinski definition) is 5. The fourth-order valence-electron chi connectivity index (χ4n) is 2.56. The van der Waals surface area contributed by atoms with Crippen LogP contribution in [0.3, 0.4) is 0 Å². The average Bonchev–Trinajstić information content (AvgIpc) is 2.69. The zero-order valence-electron chi connectivity index (χ0n) is 16.5. The summed E-state index contributed by atoms with van der Waals surface area (Å²) in [6, 6.07) is 6.36. The van der Waals surface area contributed by atoms with Gasteiger partial charge in [-0.1, -0.05) is 19.9 Å². The molecule has 2 aromatic carbocycles. The largest absolute Gasteiger partial charge is 0.456 e. The number of hydrogen-bond donors (Lipinski definition) is 1. The molecule has 6 nitrogen and oxygen atoms in total. The maximum Gasteiger partial charge on any atom is 0.387 e. The van der Waals surface area contributed by atoms with Crippen LogP contribution in [0.15, 0.2) is 42.5 Å². The van der Waals surface area contributed by atoms with E-state index < -0.39 is 60.0 Å². The first-order chi connectivity index (χ1) is 14.6. The summed E-state index contributed by atoms with van der Waals surface area (Å²) in [6.07, 6.45) is 0. The van der Waals surface area contributed by atoms with Gasteiger partial charge in [0.05, 0.1) is 0 Å². The van der Waals surface area contributed by atoms with Crippen LogP contribution in [0.5, 0.6) is 5.75 Å². The molecule has 31 heavy (non-hydrogen) atoms. The molecule has 0 radical (unpaired) electrons. The van der Waals surface area contributed by atoms with E-state index in [1.165, 1.54) is 12.1 Å². The van der Waals surface area contributed by atoms with E-state index in [4.69, 9.17) is 4.74 Å². The Morgan fingerprint density at radius 2 is 1.55 bits per heavy atom. The molecule has 0 fully saturated rings. The highest BCUT2D eigenvalue weighted by Crippen LogP contribution is 2.16. The quantitative estimate of drug-likeness (QED) is 0.364. The lowest BCUT2D eigenvalue weighted by Gasteiger charge is -2.21. The Kier molecular flexibility index (Phi) is 8.12. The molecule has 166 valence electrons. The zero-order chi connectivity index (χ0) is 23.1. The van der Waals surface area contributed by atoms with Crippen molar-refractivity contribution in [1.82, 2.24) is 5.32 Å². The predicted molar refractivity (Wildman–Crippen MR) is 101 cm³/mol. The number of ether oxygens (including phenoxy) is 2. The highest BCUT2D eigenvalue weighted by atomic mass is 19.3. The van der Waals surface area contributed by atoms with Crippen molar-refractivity contribution in [2.45, 2.75) is 26.5 Å². The average molecular weight is 441 g/mol. The van der Waals surface area contributed by atoms with Gasteiger partial charge in [-0.3, -0.25) is 9.59 Å². The van der Waals surface area contributed by atoms with Gasteiger partial charge in [0.25, 0.3) is 5.91 Å². The van der Waals surface area contributed by atoms with Gasteiger partial charge in [0.1, 0.15) is 29.0 Å². The van der Waals surface area contributed by atoms with Gasteiger partial charge >= 0.3 is 12.6 Å². The molecule has 0 aliphatic heterocycles. The second kappa shape index (κ2) is 10.6. The Labute approximate surface area is 175 Å². The number of carbonyl (C=O) groups is 3. The van der Waals surface area contributed by atoms with E-state index in [1.54, 1.807) is 13.8 Å². The highest BCUT2D eigenvalue weighted by Gasteiger charge is 2.29. The molecular formula is C21H19F4NO5. The Hall–Kier alpha value is -3.43. The molecule has 0 aliphatic rings. The van der Waals surface area contributed by atoms with Crippen molar-refractivity contribution in [2.24, 2.45) is 5.92 Å². The van der Waals surface area contributed by atoms with Crippen LogP contribution in [0.4, 0.5) is 17.6 Å². The molecule has 0 bridgehead atoms. The van der Waals surface area contributed by atoms with Crippen molar-refractivity contribution in [3.05, 3.63) is 65.2 Å². The summed E-state index contributed by atoms with van der Waals surface area (Å²) < 4.78 is 61.0. The molecule has 0 saturated carbocycles. The molecule has 1 atom stereocenters. The number of carbonyl (C=O) groups excluding carboxylic acids is 3. The molecule has 2 rings (SSSR count). The minimum absolute atomic E-state index is 0.0768. The van der Waals surface area contributed by atoms with Crippen molar-refractivity contribution in [3.8, 4) is 5.75 Å². The Morgan fingerprint density at radius 3 is 2.06 bits per heavy atom. The maximum atomic E-state index is 13.8. The summed E-state index contributed by atoms with van der Waals surface area (Å²) in [4.78, 5) is 36.8. The smallest absolute Gasteiger partial charge is 0.387 e. The van der Waals surface area contributed by atoms with Crippen LogP contribution in [0, 0.1) is 17.6 Å². The van der Waals surface area contributed by atoms with Crippen LogP contribution in [0.2, 0.25) is 0 Å². The molecule has 2 aromatic rings. The van der Waals surface area contributed by atoms with Crippen LogP contribution >= 0.6 is 0 Å². The van der Waals surface area contributed by atoms with Crippen LogP contribution in [0.25, 0.3) is 0 Å². The molecule has 1 unspecified atom stereocenters. The van der Waals surface area contributed by atoms with Crippen LogP contribution in [-0.2, 0) is 9.53 Å². The van der Waals surface area contributed by atoms with Gasteiger partial charge in [-0.15, -0.1) is 0 Å². The number of rotatable bonds is 9. The van der Waals surface area contributed by atoms with Gasteiger partial charge in [0.2, 0.25) is 0 Å². The topological polar surface area (TPSA) is 81.7 Å². The molecule has 0 spiro atoms. The number of Topliss-reactive ketones (excluding diaryl/α,β-unsaturated/α-hetero) is 1. The van der Waals surface area contributed by atoms with Crippen molar-refractivity contribution in [1.29, 1.82) is 0 Å². The van der Waals surface area contributed by atoms with E-state index >= 15 is 0 Å². The third-order valence-corrected chi connectivity index (χ3v) is 4.14. The summed E-state index contributed by atoms with van der Waals surface area (Å²) >= 11 is 0. The minimum atomic E-state index is -3.01. The van der Waals surface area contributed by atoms with Gasteiger partial charge < -0.3 is 14.8 Å². The predicted octanol–water partition coefficient (Wildman–Crippen LogP) is 3.75. The maximum absolute atomic E-state index is 13.8. The number of alkyl halides is 2. The van der Waals surface area contributed by atoms with Crippen molar-refractivity contribution < 1.29 is 41.4 Å². The summed E-state index contributed by atoms with van der Waals surface area (Å²) in [5, 5.41) is 2.21. The lowest BCUT2D eigenvalue weighted by molar-refractivity contribution is -0.145. The van der Waals surface area contributed by atoms with Gasteiger partial charge in [-0.2, -0.15) is 8.78 Å². The van der Waals surface area contributed by atoms with E-state index in [-0.39, 0.29) is 11.3 Å². The van der Waals surface area contributed by atoms with E-state index in [9.17, 15) is 31.9 Å². The lowest BCUT2D eigenvalue weighted by Crippen LogP contribution is -2.46. The Bertz CT molecular complexity index is 927. The normalized spacial score (nSPS) is 11.9. The second-order valence-corrected chi connectivity index (χ2v) is 6.73. The van der Waals surface area contributed by atoms with Gasteiger partial charge in [-0.25, -0.2) is 13.6 Å². The Balaban J connectivity index is 2.01. The van der Waals surface area contributed by atoms with E-state index in [2.05, 4.69) is 10.1 Å². The number of nitrogens with one attached hydrogen (secondary N) is 1. The van der Waals surface area contributed by atoms with Crippen molar-refractivity contribution in [2.75, 3.05) is 6.61 Å². The van der Waals surface area contributed by atoms with Crippen LogP contribution in [0.1, 0.15) is 34.6 Å². The molecule has 0 aromatic heterocycles. The first kappa shape index (κ1) is 23.8. The lowest BCUT2D eigenvalue weighted by atomic mass is 10.0. The fourth-order valence-corrected chi connectivity index (χ4v) is 2.56. The number of amides is 1.